The number of benzene rings is 7. The maximum atomic E-state index is 2.76. The van der Waals surface area contributed by atoms with Crippen LogP contribution in [0, 0.1) is 13.8 Å². The summed E-state index contributed by atoms with van der Waals surface area (Å²) in [6.07, 6.45) is 4.85. The van der Waals surface area contributed by atoms with Crippen molar-refractivity contribution < 1.29 is 0 Å². The van der Waals surface area contributed by atoms with Gasteiger partial charge in [-0.25, -0.2) is 0 Å². The van der Waals surface area contributed by atoms with Crippen molar-refractivity contribution in [3.8, 4) is 11.1 Å². The number of fused-ring (bicyclic) bond motifs is 7. The van der Waals surface area contributed by atoms with Crippen molar-refractivity contribution in [2.75, 3.05) is 14.7 Å². The summed E-state index contributed by atoms with van der Waals surface area (Å²) in [5.41, 5.74) is 22.1. The fraction of sp³-hybridized carbons (Fsp3) is 0.250. The molecule has 0 bridgehead atoms. The Balaban J connectivity index is 1.15. The lowest BCUT2D eigenvalue weighted by Crippen LogP contribution is -2.61. The summed E-state index contributed by atoms with van der Waals surface area (Å²) in [4.78, 5) is 7.84. The maximum absolute atomic E-state index is 2.76. The Bertz CT molecular complexity index is 2840. The average Bonchev–Trinajstić information content (AvgIpc) is 3.46. The molecular weight excluding hydrogens is 725 g/mol. The largest absolute Gasteiger partial charge is 0.334 e. The van der Waals surface area contributed by atoms with Gasteiger partial charge in [-0.1, -0.05) is 125 Å². The third-order valence-corrected chi connectivity index (χ3v) is 14.9. The van der Waals surface area contributed by atoms with E-state index in [4.69, 9.17) is 0 Å². The van der Waals surface area contributed by atoms with E-state index in [9.17, 15) is 0 Å². The molecule has 4 heteroatoms. The topological polar surface area (TPSA) is 9.72 Å². The van der Waals surface area contributed by atoms with Crippen LogP contribution in [0.25, 0.3) is 11.1 Å². The first-order chi connectivity index (χ1) is 29.0. The minimum atomic E-state index is -0.0741. The SMILES string of the molecule is Cc1cc2c3c(c1)N(c1ccc(C(C)(C)C)cc1)c1cc(N4c5ccc(-c6ccccc6C)cc5C5(C)CCCCC45C)ccc1B3c1ccccc1N2c1ccccc1. The predicted octanol–water partition coefficient (Wildman–Crippen LogP) is 13.1. The number of para-hydroxylation sites is 2. The quantitative estimate of drug-likeness (QED) is 0.165. The summed E-state index contributed by atoms with van der Waals surface area (Å²) in [6.45, 7) is 16.6. The Morgan fingerprint density at radius 3 is 1.92 bits per heavy atom. The zero-order valence-corrected chi connectivity index (χ0v) is 36.2. The van der Waals surface area contributed by atoms with Gasteiger partial charge in [0.2, 0.25) is 0 Å². The highest BCUT2D eigenvalue weighted by atomic mass is 15.3. The molecule has 3 nitrogen and oxygen atoms in total. The zero-order valence-electron chi connectivity index (χ0n) is 36.2. The molecule has 2 atom stereocenters. The van der Waals surface area contributed by atoms with Crippen LogP contribution >= 0.6 is 0 Å². The Morgan fingerprint density at radius 1 is 0.533 bits per heavy atom. The lowest BCUT2D eigenvalue weighted by molar-refractivity contribution is 0.195. The first kappa shape index (κ1) is 37.0. The van der Waals surface area contributed by atoms with Gasteiger partial charge in [-0.3, -0.25) is 0 Å². The maximum Gasteiger partial charge on any atom is 0.252 e. The molecular formula is C56H54BN3. The van der Waals surface area contributed by atoms with Gasteiger partial charge in [0.15, 0.2) is 0 Å². The molecule has 296 valence electrons. The van der Waals surface area contributed by atoms with Crippen molar-refractivity contribution in [3.05, 3.63) is 174 Å². The van der Waals surface area contributed by atoms with Gasteiger partial charge in [0.1, 0.15) is 0 Å². The molecule has 60 heavy (non-hydrogen) atoms. The van der Waals surface area contributed by atoms with Crippen LogP contribution in [0.4, 0.5) is 45.5 Å². The smallest absolute Gasteiger partial charge is 0.252 e. The van der Waals surface area contributed by atoms with Gasteiger partial charge in [0, 0.05) is 50.9 Å². The molecule has 1 aliphatic carbocycles. The van der Waals surface area contributed by atoms with Crippen molar-refractivity contribution in [2.24, 2.45) is 0 Å². The second-order valence-electron chi connectivity index (χ2n) is 19.5. The second kappa shape index (κ2) is 13.3. The zero-order chi connectivity index (χ0) is 41.1. The molecule has 7 aromatic carbocycles. The highest BCUT2D eigenvalue weighted by Gasteiger charge is 2.58. The van der Waals surface area contributed by atoms with E-state index < -0.39 is 0 Å². The Labute approximate surface area is 357 Å². The minimum absolute atomic E-state index is 0.0134. The van der Waals surface area contributed by atoms with Crippen molar-refractivity contribution in [3.63, 3.8) is 0 Å². The van der Waals surface area contributed by atoms with Crippen LogP contribution in [0.2, 0.25) is 0 Å². The third kappa shape index (κ3) is 5.28. The van der Waals surface area contributed by atoms with Gasteiger partial charge < -0.3 is 14.7 Å². The van der Waals surface area contributed by atoms with Gasteiger partial charge in [-0.05, 0) is 156 Å². The summed E-state index contributed by atoms with van der Waals surface area (Å²) < 4.78 is 0. The molecule has 7 aromatic rings. The molecule has 3 aliphatic heterocycles. The van der Waals surface area contributed by atoms with Crippen molar-refractivity contribution in [2.45, 2.75) is 90.5 Å². The molecule has 0 spiro atoms. The highest BCUT2D eigenvalue weighted by Crippen LogP contribution is 2.61. The average molecular weight is 780 g/mol. The molecule has 1 fully saturated rings. The molecule has 11 rings (SSSR count). The monoisotopic (exact) mass is 779 g/mol. The molecule has 0 saturated heterocycles. The van der Waals surface area contributed by atoms with Crippen LogP contribution in [0.15, 0.2) is 152 Å². The lowest BCUT2D eigenvalue weighted by Gasteiger charge is -2.50. The number of anilines is 8. The molecule has 0 radical (unpaired) electrons. The number of nitrogens with zero attached hydrogens (tertiary/aromatic N) is 3. The highest BCUT2D eigenvalue weighted by molar-refractivity contribution is 7.00. The fourth-order valence-electron chi connectivity index (χ4n) is 11.7. The molecule has 0 aromatic heterocycles. The van der Waals surface area contributed by atoms with Crippen LogP contribution in [0.1, 0.15) is 82.6 Å². The van der Waals surface area contributed by atoms with Crippen molar-refractivity contribution >= 4 is 68.6 Å². The Hall–Kier alpha value is -6.00. The fourth-order valence-corrected chi connectivity index (χ4v) is 11.7. The standard InChI is InChI=1S/C56H54BN3/c1-37-33-51-53-52(34-37)59(42-26-24-40(25-27-42)54(3,4)5)50-36-43(28-29-47(50)57(53)46-21-13-14-22-49(46)58(51)41-18-9-8-10-19-41)60-48-30-23-39(44-20-12-11-17-38(44)2)35-45(48)55(6)31-15-16-32-56(55,60)7/h8-14,17-30,33-36H,15-16,31-32H2,1-7H3. The van der Waals surface area contributed by atoms with Crippen LogP contribution in [0.3, 0.4) is 0 Å². The number of hydrogen-bond acceptors (Lipinski definition) is 3. The lowest BCUT2D eigenvalue weighted by atomic mass is 9.33. The Kier molecular flexibility index (Phi) is 8.18. The van der Waals surface area contributed by atoms with E-state index in [1.165, 1.54) is 115 Å². The summed E-state index contributed by atoms with van der Waals surface area (Å²) in [7, 11) is 0. The molecule has 3 heterocycles. The minimum Gasteiger partial charge on any atom is -0.334 e. The van der Waals surface area contributed by atoms with Gasteiger partial charge >= 0.3 is 0 Å². The van der Waals surface area contributed by atoms with Crippen LogP contribution in [-0.2, 0) is 10.8 Å². The van der Waals surface area contributed by atoms with E-state index in [0.29, 0.717) is 0 Å². The predicted molar refractivity (Wildman–Crippen MR) is 257 cm³/mol. The van der Waals surface area contributed by atoms with E-state index in [1.807, 2.05) is 0 Å². The summed E-state index contributed by atoms with van der Waals surface area (Å²) in [5.74, 6) is 0. The van der Waals surface area contributed by atoms with E-state index in [-0.39, 0.29) is 23.1 Å². The Morgan fingerprint density at radius 2 is 1.17 bits per heavy atom. The van der Waals surface area contributed by atoms with Crippen molar-refractivity contribution in [1.82, 2.24) is 0 Å². The van der Waals surface area contributed by atoms with Crippen LogP contribution < -0.4 is 31.1 Å². The summed E-state index contributed by atoms with van der Waals surface area (Å²) >= 11 is 0. The summed E-state index contributed by atoms with van der Waals surface area (Å²) in [5, 5.41) is 0. The van der Waals surface area contributed by atoms with E-state index >= 15 is 0 Å². The van der Waals surface area contributed by atoms with E-state index in [2.05, 4.69) is 215 Å². The van der Waals surface area contributed by atoms with Crippen LogP contribution in [-0.4, -0.2) is 12.3 Å². The van der Waals surface area contributed by atoms with Gasteiger partial charge in [0.05, 0.1) is 5.54 Å². The van der Waals surface area contributed by atoms with E-state index in [0.717, 1.165) is 6.42 Å². The first-order valence-corrected chi connectivity index (χ1v) is 22.1. The molecule has 2 unspecified atom stereocenters. The van der Waals surface area contributed by atoms with Crippen molar-refractivity contribution in [1.29, 1.82) is 0 Å². The molecule has 4 aliphatic rings. The normalized spacial score (nSPS) is 20.0. The number of hydrogen-bond donors (Lipinski definition) is 0. The molecule has 0 N–H and O–H groups in total. The van der Waals surface area contributed by atoms with Gasteiger partial charge in [-0.2, -0.15) is 0 Å². The first-order valence-electron chi connectivity index (χ1n) is 22.1. The summed E-state index contributed by atoms with van der Waals surface area (Å²) in [6, 6.07) is 58.0. The van der Waals surface area contributed by atoms with Gasteiger partial charge in [0.25, 0.3) is 6.71 Å². The van der Waals surface area contributed by atoms with Crippen LogP contribution in [0.5, 0.6) is 0 Å². The third-order valence-electron chi connectivity index (χ3n) is 14.9. The number of aryl methyl sites for hydroxylation is 2. The van der Waals surface area contributed by atoms with Gasteiger partial charge in [-0.15, -0.1) is 0 Å². The number of rotatable bonds is 4. The second-order valence-corrected chi connectivity index (χ2v) is 19.5. The molecule has 1 saturated carbocycles. The van der Waals surface area contributed by atoms with E-state index in [1.54, 1.807) is 0 Å². The molecule has 0 amide bonds.